The topological polar surface area (TPSA) is 131 Å². The van der Waals surface area contributed by atoms with Crippen molar-refractivity contribution in [3.63, 3.8) is 0 Å². The number of non-ortho nitro benzene ring substituents is 1. The number of benzene rings is 3. The van der Waals surface area contributed by atoms with Gasteiger partial charge < -0.3 is 19.5 Å². The minimum atomic E-state index is -0.517. The van der Waals surface area contributed by atoms with Gasteiger partial charge in [-0.05, 0) is 54.6 Å². The molecular weight excluding hydrogens is 466 g/mol. The molecule has 0 aliphatic carbocycles. The van der Waals surface area contributed by atoms with Crippen molar-refractivity contribution in [3.05, 3.63) is 88.5 Å². The number of nitro benzene ring substituents is 1. The van der Waals surface area contributed by atoms with Crippen LogP contribution in [0.3, 0.4) is 0 Å². The van der Waals surface area contributed by atoms with E-state index in [1.165, 1.54) is 24.3 Å². The highest BCUT2D eigenvalue weighted by molar-refractivity contribution is 6.04. The first kappa shape index (κ1) is 24.4. The van der Waals surface area contributed by atoms with Crippen molar-refractivity contribution in [1.29, 1.82) is 0 Å². The molecule has 0 aliphatic heterocycles. The fraction of sp³-hybridized carbons (Fsp3) is 0.160. The molecule has 3 aromatic carbocycles. The number of methoxy groups -OCH3 is 2. The van der Waals surface area contributed by atoms with Crippen molar-refractivity contribution in [2.75, 3.05) is 32.8 Å². The van der Waals surface area contributed by atoms with Gasteiger partial charge in [0.25, 0.3) is 11.6 Å². The third-order valence-corrected chi connectivity index (χ3v) is 5.14. The molecule has 184 valence electrons. The van der Waals surface area contributed by atoms with Crippen LogP contribution in [0.15, 0.2) is 72.8 Å². The molecule has 4 aromatic rings. The lowest BCUT2D eigenvalue weighted by Crippen LogP contribution is -2.12. The second-order valence-electron chi connectivity index (χ2n) is 7.51. The summed E-state index contributed by atoms with van der Waals surface area (Å²) in [4.78, 5) is 27.6. The van der Waals surface area contributed by atoms with E-state index >= 15 is 0 Å². The van der Waals surface area contributed by atoms with Crippen LogP contribution < -0.4 is 14.8 Å². The van der Waals surface area contributed by atoms with Gasteiger partial charge in [-0.2, -0.15) is 4.98 Å². The maximum absolute atomic E-state index is 12.7. The van der Waals surface area contributed by atoms with Crippen molar-refractivity contribution < 1.29 is 23.9 Å². The first-order valence-corrected chi connectivity index (χ1v) is 10.9. The molecule has 0 bridgehead atoms. The monoisotopic (exact) mass is 489 g/mol. The van der Waals surface area contributed by atoms with Gasteiger partial charge in [0.2, 0.25) is 0 Å². The number of ether oxygens (including phenoxy) is 3. The molecule has 0 unspecified atom stereocenters. The minimum absolute atomic E-state index is 0.0886. The third kappa shape index (κ3) is 5.65. The van der Waals surface area contributed by atoms with Crippen LogP contribution in [-0.4, -0.2) is 53.0 Å². The maximum atomic E-state index is 12.7. The fourth-order valence-electron chi connectivity index (χ4n) is 3.33. The Morgan fingerprint density at radius 3 is 2.44 bits per heavy atom. The summed E-state index contributed by atoms with van der Waals surface area (Å²) in [6, 6.07) is 20.0. The summed E-state index contributed by atoms with van der Waals surface area (Å²) >= 11 is 0. The van der Waals surface area contributed by atoms with Crippen molar-refractivity contribution in [1.82, 2.24) is 14.8 Å². The molecule has 0 spiro atoms. The zero-order valence-electron chi connectivity index (χ0n) is 19.6. The van der Waals surface area contributed by atoms with Gasteiger partial charge in [0.1, 0.15) is 12.4 Å². The maximum Gasteiger partial charge on any atom is 0.336 e. The van der Waals surface area contributed by atoms with E-state index < -0.39 is 10.8 Å². The van der Waals surface area contributed by atoms with E-state index in [2.05, 4.69) is 15.4 Å². The summed E-state index contributed by atoms with van der Waals surface area (Å²) in [7, 11) is 3.17. The van der Waals surface area contributed by atoms with Gasteiger partial charge in [-0.3, -0.25) is 14.9 Å². The fourth-order valence-corrected chi connectivity index (χ4v) is 3.33. The second kappa shape index (κ2) is 11.1. The van der Waals surface area contributed by atoms with E-state index in [4.69, 9.17) is 14.2 Å². The smallest absolute Gasteiger partial charge is 0.336 e. The molecule has 0 fully saturated rings. The molecule has 36 heavy (non-hydrogen) atoms. The number of amides is 1. The lowest BCUT2D eigenvalue weighted by molar-refractivity contribution is -0.384. The van der Waals surface area contributed by atoms with E-state index in [1.807, 2.05) is 30.3 Å². The Morgan fingerprint density at radius 1 is 1.03 bits per heavy atom. The molecule has 0 saturated heterocycles. The Hall–Kier alpha value is -4.77. The number of nitrogens with zero attached hydrogens (tertiary/aromatic N) is 4. The average molecular weight is 489 g/mol. The number of hydrogen-bond acceptors (Lipinski definition) is 8. The number of anilines is 1. The molecule has 0 atom stereocenters. The van der Waals surface area contributed by atoms with Gasteiger partial charge in [0.15, 0.2) is 5.82 Å². The van der Waals surface area contributed by atoms with E-state index in [0.29, 0.717) is 35.1 Å². The van der Waals surface area contributed by atoms with Crippen LogP contribution in [0.2, 0.25) is 0 Å². The summed E-state index contributed by atoms with van der Waals surface area (Å²) in [6.45, 7) is 0.671. The predicted molar refractivity (Wildman–Crippen MR) is 132 cm³/mol. The summed E-state index contributed by atoms with van der Waals surface area (Å²) in [5, 5.41) is 18.2. The van der Waals surface area contributed by atoms with Crippen LogP contribution in [0.25, 0.3) is 17.1 Å². The number of nitro groups is 1. The van der Waals surface area contributed by atoms with Crippen LogP contribution in [0.1, 0.15) is 10.4 Å². The highest BCUT2D eigenvalue weighted by Crippen LogP contribution is 2.27. The number of carbonyl (C=O) groups is 1. The largest absolute Gasteiger partial charge is 0.497 e. The molecule has 11 nitrogen and oxygen atoms in total. The quantitative estimate of drug-likeness (QED) is 0.200. The number of rotatable bonds is 10. The van der Waals surface area contributed by atoms with Crippen LogP contribution in [0.4, 0.5) is 11.4 Å². The van der Waals surface area contributed by atoms with Crippen molar-refractivity contribution in [3.8, 4) is 28.8 Å². The van der Waals surface area contributed by atoms with Gasteiger partial charge in [-0.15, -0.1) is 5.10 Å². The molecule has 0 aliphatic rings. The normalized spacial score (nSPS) is 10.6. The first-order valence-electron chi connectivity index (χ1n) is 10.9. The van der Waals surface area contributed by atoms with Crippen molar-refractivity contribution in [2.45, 2.75) is 0 Å². The van der Waals surface area contributed by atoms with Gasteiger partial charge >= 0.3 is 6.01 Å². The highest BCUT2D eigenvalue weighted by Gasteiger charge is 2.16. The first-order chi connectivity index (χ1) is 17.5. The Morgan fingerprint density at radius 2 is 1.78 bits per heavy atom. The molecule has 1 aromatic heterocycles. The Labute approximate surface area is 206 Å². The lowest BCUT2D eigenvalue weighted by atomic mass is 10.2. The number of hydrogen-bond donors (Lipinski definition) is 1. The SMILES string of the molecule is COCCOc1nc(-c2ccc(OC)cc2)n(-c2cccc(NC(=O)c3ccc([N+](=O)[O-])cc3)c2)n1. The summed E-state index contributed by atoms with van der Waals surface area (Å²) in [6.07, 6.45) is 0. The van der Waals surface area contributed by atoms with Gasteiger partial charge in [0, 0.05) is 36.1 Å². The standard InChI is InChI=1S/C25H23N5O6/c1-34-14-15-36-25-27-23(17-8-12-22(35-2)13-9-17)29(28-25)21-5-3-4-19(16-21)26-24(31)18-6-10-20(11-7-18)30(32)33/h3-13,16H,14-15H2,1-2H3,(H,26,31). The average Bonchev–Trinajstić information content (AvgIpc) is 3.33. The Bertz CT molecular complexity index is 1350. The van der Waals surface area contributed by atoms with Gasteiger partial charge in [-0.1, -0.05) is 6.07 Å². The Kier molecular flexibility index (Phi) is 7.51. The van der Waals surface area contributed by atoms with Crippen molar-refractivity contribution in [2.24, 2.45) is 0 Å². The van der Waals surface area contributed by atoms with E-state index in [0.717, 1.165) is 5.56 Å². The highest BCUT2D eigenvalue weighted by atomic mass is 16.6. The minimum Gasteiger partial charge on any atom is -0.497 e. The molecule has 1 heterocycles. The lowest BCUT2D eigenvalue weighted by Gasteiger charge is -2.10. The van der Waals surface area contributed by atoms with Crippen LogP contribution in [0, 0.1) is 10.1 Å². The van der Waals surface area contributed by atoms with Crippen LogP contribution >= 0.6 is 0 Å². The number of aromatic nitrogens is 3. The Balaban J connectivity index is 1.62. The number of carbonyl (C=O) groups excluding carboxylic acids is 1. The predicted octanol–water partition coefficient (Wildman–Crippen LogP) is 4.13. The zero-order valence-corrected chi connectivity index (χ0v) is 19.6. The van der Waals surface area contributed by atoms with E-state index in [9.17, 15) is 14.9 Å². The van der Waals surface area contributed by atoms with E-state index in [1.54, 1.807) is 37.1 Å². The molecule has 1 N–H and O–H groups in total. The molecule has 1 amide bonds. The van der Waals surface area contributed by atoms with Crippen LogP contribution in [-0.2, 0) is 4.74 Å². The van der Waals surface area contributed by atoms with Gasteiger partial charge in [-0.25, -0.2) is 4.68 Å². The molecular formula is C25H23N5O6. The second-order valence-corrected chi connectivity index (χ2v) is 7.51. The molecule has 4 rings (SSSR count). The summed E-state index contributed by atoms with van der Waals surface area (Å²) < 4.78 is 17.5. The number of nitrogens with one attached hydrogen (secondary N) is 1. The van der Waals surface area contributed by atoms with E-state index in [-0.39, 0.29) is 18.3 Å². The van der Waals surface area contributed by atoms with Crippen molar-refractivity contribution >= 4 is 17.3 Å². The molecule has 11 heteroatoms. The molecule has 0 radical (unpaired) electrons. The third-order valence-electron chi connectivity index (χ3n) is 5.14. The zero-order chi connectivity index (χ0) is 25.5. The summed E-state index contributed by atoms with van der Waals surface area (Å²) in [5.41, 5.74) is 2.13. The molecule has 0 saturated carbocycles. The summed E-state index contributed by atoms with van der Waals surface area (Å²) in [5.74, 6) is 0.834. The van der Waals surface area contributed by atoms with Gasteiger partial charge in [0.05, 0.1) is 24.3 Å². The van der Waals surface area contributed by atoms with Crippen LogP contribution in [0.5, 0.6) is 11.8 Å².